The van der Waals surface area contributed by atoms with Crippen molar-refractivity contribution in [3.05, 3.63) is 41.3 Å². The third-order valence-corrected chi connectivity index (χ3v) is 4.57. The van der Waals surface area contributed by atoms with Crippen molar-refractivity contribution in [1.82, 2.24) is 25.0 Å². The number of nitrogens with one attached hydrogen (secondary N) is 1. The van der Waals surface area contributed by atoms with Gasteiger partial charge in [0.1, 0.15) is 5.82 Å². The highest BCUT2D eigenvalue weighted by Crippen LogP contribution is 2.13. The van der Waals surface area contributed by atoms with Crippen LogP contribution >= 0.6 is 0 Å². The van der Waals surface area contributed by atoms with Gasteiger partial charge in [0.05, 0.1) is 11.8 Å². The Kier molecular flexibility index (Phi) is 4.80. The Morgan fingerprint density at radius 1 is 1.17 bits per heavy atom. The molecular formula is C17H24N6O. The number of hydrogen-bond donors (Lipinski definition) is 1. The molecule has 2 aromatic heterocycles. The van der Waals surface area contributed by atoms with Gasteiger partial charge in [-0.15, -0.1) is 0 Å². The van der Waals surface area contributed by atoms with Crippen molar-refractivity contribution < 1.29 is 4.79 Å². The summed E-state index contributed by atoms with van der Waals surface area (Å²) >= 11 is 0. The van der Waals surface area contributed by atoms with Crippen molar-refractivity contribution in [1.29, 1.82) is 0 Å². The molecule has 3 rings (SSSR count). The number of amides is 1. The highest BCUT2D eigenvalue weighted by Gasteiger charge is 2.15. The number of pyridine rings is 1. The Balaban J connectivity index is 1.56. The third kappa shape index (κ3) is 3.56. The lowest BCUT2D eigenvalue weighted by Crippen LogP contribution is -2.44. The van der Waals surface area contributed by atoms with Gasteiger partial charge in [0.15, 0.2) is 0 Å². The number of aryl methyl sites for hydroxylation is 1. The van der Waals surface area contributed by atoms with Crippen LogP contribution < -0.4 is 10.2 Å². The Morgan fingerprint density at radius 2 is 1.92 bits per heavy atom. The monoisotopic (exact) mass is 328 g/mol. The first kappa shape index (κ1) is 16.4. The van der Waals surface area contributed by atoms with Gasteiger partial charge < -0.3 is 15.1 Å². The van der Waals surface area contributed by atoms with Gasteiger partial charge in [-0.25, -0.2) is 4.98 Å². The molecule has 1 fully saturated rings. The first-order valence-electron chi connectivity index (χ1n) is 8.20. The Hall–Kier alpha value is -2.41. The maximum Gasteiger partial charge on any atom is 0.255 e. The van der Waals surface area contributed by atoms with E-state index in [-0.39, 0.29) is 5.91 Å². The lowest BCUT2D eigenvalue weighted by Gasteiger charge is -2.33. The predicted molar refractivity (Wildman–Crippen MR) is 93.1 cm³/mol. The normalized spacial score (nSPS) is 15.5. The van der Waals surface area contributed by atoms with Crippen molar-refractivity contribution in [3.8, 4) is 0 Å². The summed E-state index contributed by atoms with van der Waals surface area (Å²) in [7, 11) is 3.97. The number of likely N-dealkylation sites (N-methyl/N-ethyl adjacent to an activating group) is 1. The molecule has 1 aliphatic rings. The number of nitrogens with zero attached hydrogens (tertiary/aromatic N) is 5. The molecule has 0 aliphatic carbocycles. The molecule has 0 atom stereocenters. The number of hydrogen-bond acceptors (Lipinski definition) is 5. The van der Waals surface area contributed by atoms with Crippen molar-refractivity contribution >= 4 is 11.7 Å². The zero-order valence-corrected chi connectivity index (χ0v) is 14.5. The Morgan fingerprint density at radius 3 is 2.50 bits per heavy atom. The van der Waals surface area contributed by atoms with E-state index < -0.39 is 0 Å². The van der Waals surface area contributed by atoms with Crippen LogP contribution in [0.2, 0.25) is 0 Å². The molecule has 0 unspecified atom stereocenters. The second-order valence-electron chi connectivity index (χ2n) is 6.26. The van der Waals surface area contributed by atoms with Crippen LogP contribution in [0.3, 0.4) is 0 Å². The van der Waals surface area contributed by atoms with Crippen molar-refractivity contribution in [2.45, 2.75) is 13.5 Å². The van der Waals surface area contributed by atoms with E-state index in [1.165, 1.54) is 0 Å². The van der Waals surface area contributed by atoms with Gasteiger partial charge in [-0.3, -0.25) is 9.48 Å². The molecule has 2 aromatic rings. The minimum atomic E-state index is -0.108. The second kappa shape index (κ2) is 7.00. The van der Waals surface area contributed by atoms with E-state index in [0.717, 1.165) is 43.3 Å². The van der Waals surface area contributed by atoms with Gasteiger partial charge in [0.2, 0.25) is 0 Å². The molecule has 1 N–H and O–H groups in total. The molecule has 0 radical (unpaired) electrons. The summed E-state index contributed by atoms with van der Waals surface area (Å²) in [6, 6.07) is 4.05. The predicted octanol–water partition coefficient (Wildman–Crippen LogP) is 0.805. The average molecular weight is 328 g/mol. The van der Waals surface area contributed by atoms with Gasteiger partial charge in [-0.05, 0) is 25.6 Å². The van der Waals surface area contributed by atoms with Crippen LogP contribution in [0.5, 0.6) is 0 Å². The van der Waals surface area contributed by atoms with Crippen LogP contribution in [-0.4, -0.2) is 58.8 Å². The molecule has 128 valence electrons. The molecule has 0 saturated carbocycles. The first-order chi connectivity index (χ1) is 11.5. The standard InChI is InChI=1S/C17H24N6O/c1-13-15(12-20-22(13)3)17(24)19-11-14-4-5-16(18-10-14)23-8-6-21(2)7-9-23/h4-5,10,12H,6-9,11H2,1-3H3,(H,19,24). The average Bonchev–Trinajstić information content (AvgIpc) is 2.93. The molecule has 0 aromatic carbocycles. The molecule has 7 nitrogen and oxygen atoms in total. The first-order valence-corrected chi connectivity index (χ1v) is 8.20. The van der Waals surface area contributed by atoms with E-state index in [4.69, 9.17) is 0 Å². The van der Waals surface area contributed by atoms with E-state index in [0.29, 0.717) is 12.1 Å². The maximum atomic E-state index is 12.2. The van der Waals surface area contributed by atoms with Gasteiger partial charge >= 0.3 is 0 Å². The van der Waals surface area contributed by atoms with Crippen molar-refractivity contribution in [3.63, 3.8) is 0 Å². The topological polar surface area (TPSA) is 66.3 Å². The molecular weight excluding hydrogens is 304 g/mol. The number of carbonyl (C=O) groups excluding carboxylic acids is 1. The van der Waals surface area contributed by atoms with Gasteiger partial charge in [0.25, 0.3) is 5.91 Å². The van der Waals surface area contributed by atoms with Crippen LogP contribution in [-0.2, 0) is 13.6 Å². The van der Waals surface area contributed by atoms with E-state index in [2.05, 4.69) is 32.2 Å². The zero-order chi connectivity index (χ0) is 17.1. The fourth-order valence-electron chi connectivity index (χ4n) is 2.74. The number of rotatable bonds is 4. The number of aromatic nitrogens is 3. The smallest absolute Gasteiger partial charge is 0.255 e. The fourth-order valence-corrected chi connectivity index (χ4v) is 2.74. The van der Waals surface area contributed by atoms with Crippen molar-refractivity contribution in [2.75, 3.05) is 38.1 Å². The van der Waals surface area contributed by atoms with Gasteiger partial charge in [-0.1, -0.05) is 6.07 Å². The van der Waals surface area contributed by atoms with E-state index in [1.807, 2.05) is 32.3 Å². The van der Waals surface area contributed by atoms with Crippen LogP contribution in [0, 0.1) is 6.92 Å². The molecule has 1 aliphatic heterocycles. The summed E-state index contributed by atoms with van der Waals surface area (Å²) in [4.78, 5) is 21.4. The zero-order valence-electron chi connectivity index (χ0n) is 14.5. The SMILES string of the molecule is Cc1c(C(=O)NCc2ccc(N3CCN(C)CC3)nc2)cnn1C. The number of piperazine rings is 1. The minimum Gasteiger partial charge on any atom is -0.354 e. The second-order valence-corrected chi connectivity index (χ2v) is 6.26. The summed E-state index contributed by atoms with van der Waals surface area (Å²) in [5, 5.41) is 7.02. The molecule has 24 heavy (non-hydrogen) atoms. The number of anilines is 1. The fraction of sp³-hybridized carbons (Fsp3) is 0.471. The molecule has 3 heterocycles. The minimum absolute atomic E-state index is 0.108. The Labute approximate surface area is 142 Å². The summed E-state index contributed by atoms with van der Waals surface area (Å²) in [5.74, 6) is 0.894. The molecule has 7 heteroatoms. The van der Waals surface area contributed by atoms with Crippen molar-refractivity contribution in [2.24, 2.45) is 7.05 Å². The summed E-state index contributed by atoms with van der Waals surface area (Å²) in [6.45, 7) is 6.46. The number of carbonyl (C=O) groups is 1. The van der Waals surface area contributed by atoms with Crippen LogP contribution in [0.1, 0.15) is 21.6 Å². The van der Waals surface area contributed by atoms with Crippen LogP contribution in [0.15, 0.2) is 24.5 Å². The van der Waals surface area contributed by atoms with Crippen LogP contribution in [0.25, 0.3) is 0 Å². The van der Waals surface area contributed by atoms with E-state index >= 15 is 0 Å². The van der Waals surface area contributed by atoms with Gasteiger partial charge in [0, 0.05) is 51.7 Å². The highest BCUT2D eigenvalue weighted by molar-refractivity contribution is 5.94. The Bertz CT molecular complexity index is 700. The molecule has 0 bridgehead atoms. The third-order valence-electron chi connectivity index (χ3n) is 4.57. The summed E-state index contributed by atoms with van der Waals surface area (Å²) < 4.78 is 1.70. The lowest BCUT2D eigenvalue weighted by molar-refractivity contribution is 0.0950. The van der Waals surface area contributed by atoms with Gasteiger partial charge in [-0.2, -0.15) is 5.10 Å². The summed E-state index contributed by atoms with van der Waals surface area (Å²) in [6.07, 6.45) is 3.43. The molecule has 0 spiro atoms. The highest BCUT2D eigenvalue weighted by atomic mass is 16.1. The molecule has 1 amide bonds. The summed E-state index contributed by atoms with van der Waals surface area (Å²) in [5.41, 5.74) is 2.46. The quantitative estimate of drug-likeness (QED) is 0.899. The van der Waals surface area contributed by atoms with E-state index in [1.54, 1.807) is 10.9 Å². The van der Waals surface area contributed by atoms with E-state index in [9.17, 15) is 4.79 Å². The lowest BCUT2D eigenvalue weighted by atomic mass is 10.2. The van der Waals surface area contributed by atoms with Crippen LogP contribution in [0.4, 0.5) is 5.82 Å². The molecule has 1 saturated heterocycles. The largest absolute Gasteiger partial charge is 0.354 e. The maximum absolute atomic E-state index is 12.2.